The summed E-state index contributed by atoms with van der Waals surface area (Å²) in [5, 5.41) is 4.18. The first kappa shape index (κ1) is 16.4. The summed E-state index contributed by atoms with van der Waals surface area (Å²) in [6, 6.07) is 0. The number of nitrogens with zero attached hydrogens (tertiary/aromatic N) is 2. The second kappa shape index (κ2) is 5.69. The van der Waals surface area contributed by atoms with E-state index in [-0.39, 0.29) is 11.1 Å². The zero-order valence-electron chi connectivity index (χ0n) is 14.0. The van der Waals surface area contributed by atoms with Gasteiger partial charge < -0.3 is 15.0 Å². The van der Waals surface area contributed by atoms with Gasteiger partial charge in [0.05, 0.1) is 0 Å². The van der Waals surface area contributed by atoms with Crippen LogP contribution < -0.4 is 5.73 Å². The second-order valence-electron chi connectivity index (χ2n) is 7.86. The van der Waals surface area contributed by atoms with Gasteiger partial charge in [0, 0.05) is 19.1 Å². The van der Waals surface area contributed by atoms with Crippen molar-refractivity contribution in [1.82, 2.24) is 10.1 Å². The molecule has 1 heterocycles. The first-order chi connectivity index (χ1) is 9.66. The third kappa shape index (κ3) is 4.04. The molecule has 5 nitrogen and oxygen atoms in total. The van der Waals surface area contributed by atoms with Gasteiger partial charge >= 0.3 is 0 Å². The average molecular weight is 295 g/mol. The number of hydrogen-bond donors (Lipinski definition) is 1. The molecular formula is C16H29N3O2. The predicted octanol–water partition coefficient (Wildman–Crippen LogP) is 3.18. The molecule has 2 rings (SSSR count). The molecule has 0 unspecified atom stereocenters. The van der Waals surface area contributed by atoms with E-state index < -0.39 is 0 Å². The first-order valence-electron chi connectivity index (χ1n) is 7.83. The highest BCUT2D eigenvalue weighted by Gasteiger charge is 2.43. The van der Waals surface area contributed by atoms with Gasteiger partial charge in [-0.05, 0) is 51.4 Å². The molecule has 0 amide bonds. The maximum absolute atomic E-state index is 6.00. The van der Waals surface area contributed by atoms with Crippen molar-refractivity contribution in [3.05, 3.63) is 11.7 Å². The van der Waals surface area contributed by atoms with Gasteiger partial charge in [-0.3, -0.25) is 0 Å². The number of aromatic nitrogens is 2. The molecule has 0 aromatic carbocycles. The fourth-order valence-electron chi connectivity index (χ4n) is 2.82. The molecule has 21 heavy (non-hydrogen) atoms. The van der Waals surface area contributed by atoms with E-state index in [0.29, 0.717) is 23.6 Å². The van der Waals surface area contributed by atoms with Crippen molar-refractivity contribution < 1.29 is 9.26 Å². The van der Waals surface area contributed by atoms with E-state index in [1.807, 2.05) is 13.8 Å². The van der Waals surface area contributed by atoms with Crippen LogP contribution in [0.1, 0.15) is 71.5 Å². The van der Waals surface area contributed by atoms with Crippen LogP contribution >= 0.6 is 0 Å². The number of nitrogens with two attached hydrogens (primary N) is 1. The Kier molecular flexibility index (Phi) is 4.45. The van der Waals surface area contributed by atoms with E-state index in [1.54, 1.807) is 7.11 Å². The van der Waals surface area contributed by atoms with Crippen LogP contribution in [0.5, 0.6) is 0 Å². The van der Waals surface area contributed by atoms with Crippen molar-refractivity contribution in [1.29, 1.82) is 0 Å². The minimum absolute atomic E-state index is 0.220. The number of ether oxygens (including phenoxy) is 1. The highest BCUT2D eigenvalue weighted by atomic mass is 16.5. The van der Waals surface area contributed by atoms with E-state index >= 15 is 0 Å². The number of methoxy groups -OCH3 is 1. The summed E-state index contributed by atoms with van der Waals surface area (Å²) >= 11 is 0. The Balaban J connectivity index is 2.08. The van der Waals surface area contributed by atoms with Gasteiger partial charge in [-0.2, -0.15) is 4.98 Å². The highest BCUT2D eigenvalue weighted by molar-refractivity contribution is 5.05. The molecule has 5 heteroatoms. The van der Waals surface area contributed by atoms with Crippen LogP contribution in [0.2, 0.25) is 0 Å². The normalized spacial score (nSPS) is 21.4. The molecule has 120 valence electrons. The molecule has 1 aromatic rings. The molecule has 0 atom stereocenters. The minimum atomic E-state index is -0.379. The van der Waals surface area contributed by atoms with Crippen LogP contribution in [0.25, 0.3) is 0 Å². The van der Waals surface area contributed by atoms with Gasteiger partial charge in [0.25, 0.3) is 0 Å². The van der Waals surface area contributed by atoms with Crippen LogP contribution in [0.3, 0.4) is 0 Å². The molecule has 1 saturated carbocycles. The van der Waals surface area contributed by atoms with Crippen molar-refractivity contribution in [3.8, 4) is 0 Å². The Morgan fingerprint density at radius 2 is 1.86 bits per heavy atom. The van der Waals surface area contributed by atoms with Crippen LogP contribution in [-0.4, -0.2) is 22.8 Å². The van der Waals surface area contributed by atoms with Crippen LogP contribution in [0.4, 0.5) is 0 Å². The van der Waals surface area contributed by atoms with E-state index in [1.165, 1.54) is 0 Å². The largest absolute Gasteiger partial charge is 0.370 e. The monoisotopic (exact) mass is 295 g/mol. The lowest BCUT2D eigenvalue weighted by Crippen LogP contribution is -2.37. The number of hydrogen-bond acceptors (Lipinski definition) is 5. The average Bonchev–Trinajstić information content (AvgIpc) is 2.86. The summed E-state index contributed by atoms with van der Waals surface area (Å²) in [4.78, 5) is 4.57. The molecule has 0 radical (unpaired) electrons. The quantitative estimate of drug-likeness (QED) is 0.903. The molecular weight excluding hydrogens is 266 g/mol. The molecule has 1 aliphatic rings. The molecule has 1 aliphatic carbocycles. The lowest BCUT2D eigenvalue weighted by Gasteiger charge is -2.40. The lowest BCUT2D eigenvalue weighted by molar-refractivity contribution is -0.0740. The van der Waals surface area contributed by atoms with Gasteiger partial charge in [0.15, 0.2) is 0 Å². The highest BCUT2D eigenvalue weighted by Crippen LogP contribution is 2.46. The fourth-order valence-corrected chi connectivity index (χ4v) is 2.82. The first-order valence-corrected chi connectivity index (χ1v) is 7.83. The fraction of sp³-hybridized carbons (Fsp3) is 0.875. The lowest BCUT2D eigenvalue weighted by atomic mass is 9.70. The smallest absolute Gasteiger partial charge is 0.226 e. The van der Waals surface area contributed by atoms with Crippen molar-refractivity contribution in [2.75, 3.05) is 7.11 Å². The van der Waals surface area contributed by atoms with Crippen molar-refractivity contribution in [2.24, 2.45) is 11.1 Å². The molecule has 2 N–H and O–H groups in total. The molecule has 0 bridgehead atoms. The molecule has 0 aliphatic heterocycles. The van der Waals surface area contributed by atoms with E-state index in [9.17, 15) is 0 Å². The Labute approximate surface area is 127 Å². The Bertz CT molecular complexity index is 464. The van der Waals surface area contributed by atoms with Crippen LogP contribution in [0.15, 0.2) is 4.52 Å². The molecule has 0 saturated heterocycles. The Morgan fingerprint density at radius 3 is 2.38 bits per heavy atom. The number of aryl methyl sites for hydroxylation is 1. The van der Waals surface area contributed by atoms with Crippen LogP contribution in [0, 0.1) is 5.41 Å². The van der Waals surface area contributed by atoms with E-state index in [0.717, 1.165) is 32.1 Å². The summed E-state index contributed by atoms with van der Waals surface area (Å²) < 4.78 is 11.2. The van der Waals surface area contributed by atoms with Crippen molar-refractivity contribution >= 4 is 0 Å². The maximum Gasteiger partial charge on any atom is 0.226 e. The SMILES string of the molecule is COC1(c2noc(CCC(C)(C)N)n2)CCC(C)(C)CC1. The predicted molar refractivity (Wildman–Crippen MR) is 81.8 cm³/mol. The van der Waals surface area contributed by atoms with Gasteiger partial charge in [-0.1, -0.05) is 19.0 Å². The maximum atomic E-state index is 6.00. The van der Waals surface area contributed by atoms with Gasteiger partial charge in [0.1, 0.15) is 5.60 Å². The van der Waals surface area contributed by atoms with E-state index in [2.05, 4.69) is 24.0 Å². The second-order valence-corrected chi connectivity index (χ2v) is 7.86. The van der Waals surface area contributed by atoms with E-state index in [4.69, 9.17) is 15.0 Å². The third-order valence-corrected chi connectivity index (χ3v) is 4.66. The summed E-state index contributed by atoms with van der Waals surface area (Å²) in [5.74, 6) is 1.36. The topological polar surface area (TPSA) is 74.2 Å². The van der Waals surface area contributed by atoms with Gasteiger partial charge in [0.2, 0.25) is 11.7 Å². The summed E-state index contributed by atoms with van der Waals surface area (Å²) in [6.45, 7) is 8.61. The van der Waals surface area contributed by atoms with Crippen molar-refractivity contribution in [3.63, 3.8) is 0 Å². The van der Waals surface area contributed by atoms with Crippen molar-refractivity contribution in [2.45, 2.75) is 77.4 Å². The van der Waals surface area contributed by atoms with Crippen LogP contribution in [-0.2, 0) is 16.8 Å². The Hall–Kier alpha value is -0.940. The third-order valence-electron chi connectivity index (χ3n) is 4.66. The molecule has 0 spiro atoms. The Morgan fingerprint density at radius 1 is 1.24 bits per heavy atom. The van der Waals surface area contributed by atoms with Gasteiger partial charge in [-0.15, -0.1) is 0 Å². The van der Waals surface area contributed by atoms with Gasteiger partial charge in [-0.25, -0.2) is 0 Å². The zero-order chi connectivity index (χ0) is 15.7. The zero-order valence-corrected chi connectivity index (χ0v) is 14.0. The standard InChI is InChI=1S/C16H29N3O2/c1-14(2)8-10-16(20-5,11-9-14)13-18-12(21-19-13)6-7-15(3,4)17/h6-11,17H2,1-5H3. The molecule has 1 fully saturated rings. The number of rotatable bonds is 5. The summed E-state index contributed by atoms with van der Waals surface area (Å²) in [5.41, 5.74) is 5.77. The summed E-state index contributed by atoms with van der Waals surface area (Å²) in [6.07, 6.45) is 5.64. The summed E-state index contributed by atoms with van der Waals surface area (Å²) in [7, 11) is 1.75. The minimum Gasteiger partial charge on any atom is -0.370 e. The molecule has 1 aromatic heterocycles.